The van der Waals surface area contributed by atoms with Crippen molar-refractivity contribution in [2.24, 2.45) is 0 Å². The van der Waals surface area contributed by atoms with Crippen LogP contribution in [0.4, 0.5) is 0 Å². The second-order valence-corrected chi connectivity index (χ2v) is 3.64. The van der Waals surface area contributed by atoms with Crippen LogP contribution in [-0.4, -0.2) is 16.7 Å². The van der Waals surface area contributed by atoms with Gasteiger partial charge in [0.2, 0.25) is 0 Å². The first kappa shape index (κ1) is 7.85. The van der Waals surface area contributed by atoms with E-state index in [1.165, 1.54) is 12.8 Å². The van der Waals surface area contributed by atoms with E-state index in [4.69, 9.17) is 4.74 Å². The Morgan fingerprint density at radius 2 is 2.36 bits per heavy atom. The Bertz CT molecular complexity index is 471. The van der Waals surface area contributed by atoms with Gasteiger partial charge in [0, 0.05) is 6.04 Å². The Balaban J connectivity index is 2.25. The topological polar surface area (TPSA) is 27.1 Å². The summed E-state index contributed by atoms with van der Waals surface area (Å²) in [5.74, 6) is 0.807. The van der Waals surface area contributed by atoms with Gasteiger partial charge in [0.25, 0.3) is 0 Å². The number of hydrogen-bond acceptors (Lipinski definition) is 2. The van der Waals surface area contributed by atoms with Gasteiger partial charge in [-0.2, -0.15) is 0 Å². The third-order valence-electron chi connectivity index (χ3n) is 2.66. The second-order valence-electron chi connectivity index (χ2n) is 3.64. The van der Waals surface area contributed by atoms with Crippen molar-refractivity contribution in [3.8, 4) is 5.75 Å². The highest BCUT2D eigenvalue weighted by Gasteiger charge is 2.25. The van der Waals surface area contributed by atoms with Crippen molar-refractivity contribution in [1.82, 2.24) is 9.55 Å². The highest BCUT2D eigenvalue weighted by Crippen LogP contribution is 2.38. The third kappa shape index (κ3) is 1.02. The third-order valence-corrected chi connectivity index (χ3v) is 2.66. The minimum atomic E-state index is 0.653. The summed E-state index contributed by atoms with van der Waals surface area (Å²) in [6.45, 7) is 0. The van der Waals surface area contributed by atoms with Crippen LogP contribution in [0.15, 0.2) is 18.5 Å². The summed E-state index contributed by atoms with van der Waals surface area (Å²) in [5.41, 5.74) is 2.07. The zero-order valence-electron chi connectivity index (χ0n) is 8.03. The number of imidazole rings is 1. The number of hydrogen-bond donors (Lipinski definition) is 0. The molecule has 1 saturated carbocycles. The van der Waals surface area contributed by atoms with E-state index in [9.17, 15) is 0 Å². The number of rotatable bonds is 2. The van der Waals surface area contributed by atoms with Gasteiger partial charge in [-0.15, -0.1) is 0 Å². The Kier molecular flexibility index (Phi) is 1.54. The summed E-state index contributed by atoms with van der Waals surface area (Å²) in [4.78, 5) is 4.37. The number of benzene rings is 1. The molecule has 0 spiro atoms. The van der Waals surface area contributed by atoms with Gasteiger partial charge in [0.15, 0.2) is 0 Å². The van der Waals surface area contributed by atoms with Crippen molar-refractivity contribution in [3.63, 3.8) is 0 Å². The van der Waals surface area contributed by atoms with Gasteiger partial charge in [-0.1, -0.05) is 0 Å². The highest BCUT2D eigenvalue weighted by molar-refractivity contribution is 5.81. The molecule has 0 unspecified atom stereocenters. The normalized spacial score (nSPS) is 16.1. The maximum Gasteiger partial charge on any atom is 0.147 e. The zero-order chi connectivity index (χ0) is 9.54. The zero-order valence-corrected chi connectivity index (χ0v) is 8.03. The molecular formula is C11H11N2O. The number of methoxy groups -OCH3 is 1. The predicted molar refractivity (Wildman–Crippen MR) is 53.4 cm³/mol. The molecule has 71 valence electrons. The number of aromatic nitrogens is 2. The van der Waals surface area contributed by atoms with Crippen LogP contribution in [0.1, 0.15) is 18.9 Å². The van der Waals surface area contributed by atoms with Gasteiger partial charge >= 0.3 is 0 Å². The van der Waals surface area contributed by atoms with E-state index in [-0.39, 0.29) is 0 Å². The lowest BCUT2D eigenvalue weighted by Gasteiger charge is -2.02. The van der Waals surface area contributed by atoms with Gasteiger partial charge in [-0.25, -0.2) is 4.98 Å². The Morgan fingerprint density at radius 1 is 1.50 bits per heavy atom. The molecule has 1 aromatic heterocycles. The van der Waals surface area contributed by atoms with Crippen molar-refractivity contribution < 1.29 is 4.74 Å². The molecule has 3 heteroatoms. The molecule has 3 nitrogen and oxygen atoms in total. The fourth-order valence-electron chi connectivity index (χ4n) is 1.77. The van der Waals surface area contributed by atoms with Crippen LogP contribution in [0.5, 0.6) is 5.75 Å². The standard InChI is InChI=1S/C11H11N2O/c1-14-10-4-2-3-9-11(10)12-7-13(9)8-5-6-8/h3-4,7-8H,5-6H2,1H3. The summed E-state index contributed by atoms with van der Waals surface area (Å²) < 4.78 is 7.45. The molecule has 0 atom stereocenters. The van der Waals surface area contributed by atoms with Crippen LogP contribution >= 0.6 is 0 Å². The predicted octanol–water partition coefficient (Wildman–Crippen LogP) is 2.18. The largest absolute Gasteiger partial charge is 0.494 e. The molecule has 1 radical (unpaired) electrons. The second kappa shape index (κ2) is 2.74. The first-order valence-corrected chi connectivity index (χ1v) is 4.81. The molecule has 0 N–H and O–H groups in total. The maximum absolute atomic E-state index is 5.23. The molecule has 14 heavy (non-hydrogen) atoms. The van der Waals surface area contributed by atoms with E-state index in [1.54, 1.807) is 7.11 Å². The lowest BCUT2D eigenvalue weighted by molar-refractivity contribution is 0.419. The van der Waals surface area contributed by atoms with Gasteiger partial charge < -0.3 is 9.30 Å². The molecule has 0 bridgehead atoms. The Morgan fingerprint density at radius 3 is 3.07 bits per heavy atom. The summed E-state index contributed by atoms with van der Waals surface area (Å²) in [6.07, 6.45) is 4.43. The first-order chi connectivity index (χ1) is 6.90. The van der Waals surface area contributed by atoms with Crippen molar-refractivity contribution >= 4 is 11.0 Å². The first-order valence-electron chi connectivity index (χ1n) is 4.81. The summed E-state index contributed by atoms with van der Waals surface area (Å²) >= 11 is 0. The van der Waals surface area contributed by atoms with Gasteiger partial charge in [0.1, 0.15) is 11.3 Å². The molecule has 1 aliphatic carbocycles. The molecule has 1 aromatic carbocycles. The van der Waals surface area contributed by atoms with E-state index >= 15 is 0 Å². The van der Waals surface area contributed by atoms with Crippen LogP contribution in [0.2, 0.25) is 0 Å². The van der Waals surface area contributed by atoms with Crippen LogP contribution < -0.4 is 4.74 Å². The fourth-order valence-corrected chi connectivity index (χ4v) is 1.77. The molecule has 1 fully saturated rings. The molecule has 3 rings (SSSR count). The summed E-state index contributed by atoms with van der Waals surface area (Å²) in [6, 6.07) is 7.53. The maximum atomic E-state index is 5.23. The molecular weight excluding hydrogens is 176 g/mol. The number of ether oxygens (including phenoxy) is 1. The van der Waals surface area contributed by atoms with Crippen molar-refractivity contribution in [3.05, 3.63) is 24.5 Å². The van der Waals surface area contributed by atoms with E-state index in [2.05, 4.69) is 15.6 Å². The highest BCUT2D eigenvalue weighted by atomic mass is 16.5. The Hall–Kier alpha value is -1.51. The molecule has 1 aliphatic rings. The molecule has 1 heterocycles. The van der Waals surface area contributed by atoms with Crippen LogP contribution in [-0.2, 0) is 0 Å². The van der Waals surface area contributed by atoms with Crippen molar-refractivity contribution in [2.75, 3.05) is 7.11 Å². The van der Waals surface area contributed by atoms with Crippen LogP contribution in [0, 0.1) is 6.07 Å². The average molecular weight is 187 g/mol. The van der Waals surface area contributed by atoms with Crippen LogP contribution in [0.3, 0.4) is 0 Å². The molecule has 0 aliphatic heterocycles. The van der Waals surface area contributed by atoms with E-state index in [1.807, 2.05) is 18.5 Å². The molecule has 0 amide bonds. The summed E-state index contributed by atoms with van der Waals surface area (Å²) in [5, 5.41) is 0. The van der Waals surface area contributed by atoms with Crippen molar-refractivity contribution in [2.45, 2.75) is 18.9 Å². The van der Waals surface area contributed by atoms with Gasteiger partial charge in [-0.3, -0.25) is 0 Å². The van der Waals surface area contributed by atoms with Crippen molar-refractivity contribution in [1.29, 1.82) is 0 Å². The van der Waals surface area contributed by atoms with Gasteiger partial charge in [-0.05, 0) is 31.0 Å². The van der Waals surface area contributed by atoms with Crippen LogP contribution in [0.25, 0.3) is 11.0 Å². The quantitative estimate of drug-likeness (QED) is 0.720. The minimum Gasteiger partial charge on any atom is -0.494 e. The number of fused-ring (bicyclic) bond motifs is 1. The smallest absolute Gasteiger partial charge is 0.147 e. The van der Waals surface area contributed by atoms with Gasteiger partial charge in [0.05, 0.1) is 19.0 Å². The SMILES string of the molecule is COc1c[c]cc2c1ncn2C1CC1. The average Bonchev–Trinajstić information content (AvgIpc) is 2.97. The van der Waals surface area contributed by atoms with E-state index < -0.39 is 0 Å². The van der Waals surface area contributed by atoms with E-state index in [0.717, 1.165) is 16.8 Å². The molecule has 0 saturated heterocycles. The fraction of sp³-hybridized carbons (Fsp3) is 0.364. The minimum absolute atomic E-state index is 0.653. The monoisotopic (exact) mass is 187 g/mol. The molecule has 2 aromatic rings. The lowest BCUT2D eigenvalue weighted by Crippen LogP contribution is -1.90. The lowest BCUT2D eigenvalue weighted by atomic mass is 10.3. The summed E-state index contributed by atoms with van der Waals surface area (Å²) in [7, 11) is 1.67. The van der Waals surface area contributed by atoms with E-state index in [0.29, 0.717) is 6.04 Å². The number of nitrogens with zero attached hydrogens (tertiary/aromatic N) is 2. The Labute approximate surface area is 82.3 Å².